The lowest BCUT2D eigenvalue weighted by Crippen LogP contribution is -2.69. The molecule has 6 fully saturated rings. The molecule has 0 aromatic carbocycles. The van der Waals surface area contributed by atoms with Crippen LogP contribution in [-0.2, 0) is 19.1 Å². The summed E-state index contributed by atoms with van der Waals surface area (Å²) in [6, 6.07) is 0. The van der Waals surface area contributed by atoms with E-state index in [1.807, 2.05) is 9.80 Å². The van der Waals surface area contributed by atoms with Crippen LogP contribution in [0.1, 0.15) is 222 Å². The third-order valence-corrected chi connectivity index (χ3v) is 15.4. The first kappa shape index (κ1) is 47.2. The summed E-state index contributed by atoms with van der Waals surface area (Å²) in [6.45, 7) is 18.4. The molecule has 1 atom stereocenters. The average Bonchev–Trinajstić information content (AvgIpc) is 3.43. The van der Waals surface area contributed by atoms with Crippen LogP contribution in [0.5, 0.6) is 0 Å². The topological polar surface area (TPSA) is 115 Å². The summed E-state index contributed by atoms with van der Waals surface area (Å²) in [5.74, 6) is 0.0843. The molecule has 2 amide bonds. The fraction of sp³-hybridized carbons (Fsp3) is 0.959. The van der Waals surface area contributed by atoms with Crippen LogP contribution < -0.4 is 5.32 Å². The lowest BCUT2D eigenvalue weighted by atomic mass is 9.70. The Hall–Kier alpha value is -1.30. The van der Waals surface area contributed by atoms with Crippen LogP contribution in [0.25, 0.3) is 0 Å². The highest BCUT2D eigenvalue weighted by Gasteiger charge is 2.67. The van der Waals surface area contributed by atoms with Gasteiger partial charge in [-0.3, -0.25) is 14.5 Å². The van der Waals surface area contributed by atoms with Gasteiger partial charge < -0.3 is 34.8 Å². The number of carbonyl (C=O) groups excluding carboxylic acids is 2. The molecule has 2 aliphatic carbocycles. The molecule has 4 saturated heterocycles. The molecule has 10 nitrogen and oxygen atoms in total. The highest BCUT2D eigenvalue weighted by molar-refractivity contribution is 5.89. The summed E-state index contributed by atoms with van der Waals surface area (Å²) in [4.78, 5) is 36.5. The lowest BCUT2D eigenvalue weighted by Gasteiger charge is -2.58. The van der Waals surface area contributed by atoms with Gasteiger partial charge in [0.25, 0.3) is 11.8 Å². The zero-order valence-corrected chi connectivity index (χ0v) is 39.2. The number of nitrogens with one attached hydrogen (secondary N) is 1. The summed E-state index contributed by atoms with van der Waals surface area (Å²) in [5, 5.41) is 26.5. The van der Waals surface area contributed by atoms with Gasteiger partial charge in [-0.15, -0.1) is 0 Å². The van der Waals surface area contributed by atoms with Gasteiger partial charge in [-0.05, 0) is 107 Å². The van der Waals surface area contributed by atoms with E-state index in [1.54, 1.807) is 0 Å². The number of aliphatic hydroxyl groups is 2. The molecular weight excluding hydrogens is 741 g/mol. The lowest BCUT2D eigenvalue weighted by molar-refractivity contribution is -0.205. The van der Waals surface area contributed by atoms with E-state index in [2.05, 4.69) is 65.6 Å². The normalized spacial score (nSPS) is 30.5. The van der Waals surface area contributed by atoms with Crippen LogP contribution in [0.15, 0.2) is 0 Å². The van der Waals surface area contributed by atoms with Crippen LogP contribution in [-0.4, -0.2) is 114 Å². The van der Waals surface area contributed by atoms with Crippen LogP contribution in [0.4, 0.5) is 0 Å². The van der Waals surface area contributed by atoms with Crippen LogP contribution in [0.2, 0.25) is 0 Å². The monoisotopic (exact) mass is 829 g/mol. The highest BCUT2D eigenvalue weighted by Crippen LogP contribution is 2.55. The number of hydrogen-bond acceptors (Lipinski definition) is 8. The minimum absolute atomic E-state index is 0.0300. The Balaban J connectivity index is 1.25. The average molecular weight is 829 g/mol. The Morgan fingerprint density at radius 2 is 0.864 bits per heavy atom. The number of likely N-dealkylation sites (tertiary alicyclic amines) is 1. The number of hydrogen-bond donors (Lipinski definition) is 3. The second kappa shape index (κ2) is 18.4. The van der Waals surface area contributed by atoms with Gasteiger partial charge in [0.05, 0.1) is 19.3 Å². The molecule has 4 heterocycles. The van der Waals surface area contributed by atoms with Crippen LogP contribution in [0.3, 0.4) is 0 Å². The Kier molecular flexibility index (Phi) is 14.7. The predicted molar refractivity (Wildman–Crippen MR) is 236 cm³/mol. The van der Waals surface area contributed by atoms with Crippen molar-refractivity contribution >= 4 is 11.8 Å². The number of ether oxygens (including phenoxy) is 2. The number of nitrogens with zero attached hydrogens (tertiary/aromatic N) is 3. The van der Waals surface area contributed by atoms with Crippen molar-refractivity contribution in [2.75, 3.05) is 26.2 Å². The van der Waals surface area contributed by atoms with Crippen molar-refractivity contribution in [2.45, 2.75) is 273 Å². The number of carbonyl (C=O) groups is 2. The molecular formula is C49H88N4O6. The summed E-state index contributed by atoms with van der Waals surface area (Å²) in [5.41, 5.74) is -4.93. The molecule has 4 spiro atoms. The van der Waals surface area contributed by atoms with E-state index in [0.717, 1.165) is 77.0 Å². The maximum atomic E-state index is 15.2. The summed E-state index contributed by atoms with van der Waals surface area (Å²) in [6.07, 6.45) is 25.8. The zero-order valence-electron chi connectivity index (χ0n) is 39.2. The Morgan fingerprint density at radius 1 is 0.525 bits per heavy atom. The molecule has 10 heteroatoms. The number of β-amino-alcohol motifs (C(OH)–C–C–N with tert-alkyl or cyclic N) is 2. The molecule has 0 radical (unpaired) electrons. The predicted octanol–water partition coefficient (Wildman–Crippen LogP) is 9.13. The third-order valence-electron chi connectivity index (χ3n) is 15.4. The first-order valence-electron chi connectivity index (χ1n) is 24.6. The summed E-state index contributed by atoms with van der Waals surface area (Å²) >= 11 is 0. The van der Waals surface area contributed by atoms with E-state index in [-0.39, 0.29) is 36.0 Å². The highest BCUT2D eigenvalue weighted by atomic mass is 16.6. The van der Waals surface area contributed by atoms with Gasteiger partial charge in [0.15, 0.2) is 11.2 Å². The van der Waals surface area contributed by atoms with E-state index >= 15 is 4.79 Å². The van der Waals surface area contributed by atoms with E-state index in [9.17, 15) is 15.0 Å². The second-order valence-corrected chi connectivity index (χ2v) is 23.0. The molecule has 6 rings (SSSR count). The van der Waals surface area contributed by atoms with Crippen LogP contribution >= 0.6 is 0 Å². The maximum Gasteiger partial charge on any atom is 0.257 e. The first-order chi connectivity index (χ1) is 27.7. The quantitative estimate of drug-likeness (QED) is 0.243. The van der Waals surface area contributed by atoms with E-state index < -0.39 is 39.8 Å². The molecule has 59 heavy (non-hydrogen) atoms. The number of aliphatic hydroxyl groups excluding tert-OH is 2. The third kappa shape index (κ3) is 10.4. The van der Waals surface area contributed by atoms with Gasteiger partial charge in [0, 0.05) is 60.9 Å². The van der Waals surface area contributed by atoms with Gasteiger partial charge in [0.2, 0.25) is 0 Å². The molecule has 3 N–H and O–H groups in total. The molecule has 2 saturated carbocycles. The van der Waals surface area contributed by atoms with Crippen LogP contribution in [0, 0.1) is 0 Å². The van der Waals surface area contributed by atoms with Crippen molar-refractivity contribution in [1.82, 2.24) is 20.0 Å². The zero-order chi connectivity index (χ0) is 42.8. The van der Waals surface area contributed by atoms with Gasteiger partial charge in [-0.25, -0.2) is 0 Å². The van der Waals surface area contributed by atoms with E-state index in [1.165, 1.54) is 64.2 Å². The molecule has 6 aliphatic rings. The van der Waals surface area contributed by atoms with Crippen molar-refractivity contribution in [2.24, 2.45) is 0 Å². The Bertz CT molecular complexity index is 1370. The Labute approximate surface area is 359 Å². The number of amides is 2. The number of piperidine rings is 2. The molecule has 0 aromatic heterocycles. The molecule has 340 valence electrons. The fourth-order valence-electron chi connectivity index (χ4n) is 13.9. The van der Waals surface area contributed by atoms with Crippen molar-refractivity contribution in [3.05, 3.63) is 0 Å². The smallest absolute Gasteiger partial charge is 0.257 e. The minimum Gasteiger partial charge on any atom is -0.395 e. The summed E-state index contributed by atoms with van der Waals surface area (Å²) < 4.78 is 14.8. The fourth-order valence-corrected chi connectivity index (χ4v) is 13.9. The van der Waals surface area contributed by atoms with Gasteiger partial charge >= 0.3 is 0 Å². The Morgan fingerprint density at radius 3 is 1.25 bits per heavy atom. The molecule has 4 aliphatic heterocycles. The van der Waals surface area contributed by atoms with Gasteiger partial charge in [-0.2, -0.15) is 0 Å². The SMILES string of the molecule is CC1(C)CC2(CC(C)(C)N1)OC1(CCCCCCCCCCC1)N(CC(O)CN1C(C)(C)CC3(CC1(C)C)OC1(CCCCCCCCCCC1)N(CCO)C3=O)C2=O. The molecule has 0 aromatic rings. The second-order valence-electron chi connectivity index (χ2n) is 23.0. The maximum absolute atomic E-state index is 15.2. The van der Waals surface area contributed by atoms with Gasteiger partial charge in [-0.1, -0.05) is 89.9 Å². The molecule has 1 unspecified atom stereocenters. The van der Waals surface area contributed by atoms with Crippen molar-refractivity contribution in [3.8, 4) is 0 Å². The number of rotatable bonds is 6. The van der Waals surface area contributed by atoms with Crippen molar-refractivity contribution < 1.29 is 29.3 Å². The van der Waals surface area contributed by atoms with E-state index in [4.69, 9.17) is 9.47 Å². The van der Waals surface area contributed by atoms with Crippen molar-refractivity contribution in [3.63, 3.8) is 0 Å². The van der Waals surface area contributed by atoms with E-state index in [0.29, 0.717) is 38.8 Å². The first-order valence-corrected chi connectivity index (χ1v) is 24.6. The molecule has 0 bridgehead atoms. The summed E-state index contributed by atoms with van der Waals surface area (Å²) in [7, 11) is 0. The standard InChI is InChI=1S/C49H88N4O6/c1-42(2)35-46(36-43(3,4)50-42)41(57)52(49(58-46)29-25-21-17-13-10-14-18-22-26-30-49)33-39(55)34-53-44(5,6)37-47(38-45(53,7)8)40(56)51(31-32-54)48(59-47)27-23-19-15-11-9-12-16-20-24-28-48/h39,50,54-55H,9-38H2,1-8H3. The largest absolute Gasteiger partial charge is 0.395 e. The minimum atomic E-state index is -1.00. The van der Waals surface area contributed by atoms with Crippen molar-refractivity contribution in [1.29, 1.82) is 0 Å². The van der Waals surface area contributed by atoms with Gasteiger partial charge in [0.1, 0.15) is 11.4 Å².